The molecule has 2 atom stereocenters. The number of allylic oxidation sites excluding steroid dienone is 1. The Kier molecular flexibility index (Phi) is 6.04. The molecule has 1 aliphatic carbocycles. The normalized spacial score (nSPS) is 19.4. The SMILES string of the molecule is COc1ccc(OC)c(C2CC(=O)C3=C(C2)Nc2ccccc2NC3c2ccc(F)c(Br)c2)c1. The standard InChI is InChI=1S/C27H24BrFN2O3/c1-33-17-8-10-25(34-2)18(14-17)16-12-23-26(24(32)13-16)27(15-7-9-20(29)19(28)11-15)31-22-6-4-3-5-21(22)30-23/h3-11,14,16,27,30-31H,12-13H2,1-2H3. The third kappa shape index (κ3) is 4.05. The van der Waals surface area contributed by atoms with Gasteiger partial charge in [0.15, 0.2) is 5.78 Å². The van der Waals surface area contributed by atoms with Crippen molar-refractivity contribution in [3.63, 3.8) is 0 Å². The average Bonchev–Trinajstić information content (AvgIpc) is 3.02. The van der Waals surface area contributed by atoms with Gasteiger partial charge < -0.3 is 20.1 Å². The first-order valence-corrected chi connectivity index (χ1v) is 11.8. The number of Topliss-reactive ketones (excluding diaryl/α,β-unsaturated/α-hetero) is 1. The number of fused-ring (bicyclic) bond motifs is 1. The summed E-state index contributed by atoms with van der Waals surface area (Å²) in [6.07, 6.45) is 0.959. The molecule has 1 heterocycles. The second-order valence-corrected chi connectivity index (χ2v) is 9.30. The molecule has 3 aromatic rings. The summed E-state index contributed by atoms with van der Waals surface area (Å²) < 4.78 is 25.4. The first-order chi connectivity index (χ1) is 16.5. The van der Waals surface area contributed by atoms with Crippen LogP contribution in [-0.2, 0) is 4.79 Å². The van der Waals surface area contributed by atoms with E-state index in [1.807, 2.05) is 42.5 Å². The Hall–Kier alpha value is -3.32. The van der Waals surface area contributed by atoms with Gasteiger partial charge in [-0.15, -0.1) is 0 Å². The highest BCUT2D eigenvalue weighted by Crippen LogP contribution is 2.46. The second kappa shape index (κ2) is 9.14. The third-order valence-electron chi connectivity index (χ3n) is 6.46. The van der Waals surface area contributed by atoms with Crippen LogP contribution in [0, 0.1) is 5.82 Å². The van der Waals surface area contributed by atoms with Crippen LogP contribution in [0.5, 0.6) is 11.5 Å². The van der Waals surface area contributed by atoms with Gasteiger partial charge in [-0.2, -0.15) is 0 Å². The lowest BCUT2D eigenvalue weighted by Gasteiger charge is -2.30. The van der Waals surface area contributed by atoms with E-state index in [9.17, 15) is 9.18 Å². The molecule has 34 heavy (non-hydrogen) atoms. The van der Waals surface area contributed by atoms with Crippen molar-refractivity contribution in [2.75, 3.05) is 24.9 Å². The summed E-state index contributed by atoms with van der Waals surface area (Å²) in [5.41, 5.74) is 5.05. The van der Waals surface area contributed by atoms with Crippen molar-refractivity contribution >= 4 is 33.1 Å². The Bertz CT molecular complexity index is 1310. The van der Waals surface area contributed by atoms with Crippen LogP contribution < -0.4 is 20.1 Å². The fourth-order valence-corrected chi connectivity index (χ4v) is 5.21. The minimum Gasteiger partial charge on any atom is -0.497 e. The molecule has 5 nitrogen and oxygen atoms in total. The Morgan fingerprint density at radius 2 is 1.76 bits per heavy atom. The fourth-order valence-electron chi connectivity index (χ4n) is 4.81. The van der Waals surface area contributed by atoms with Crippen molar-refractivity contribution in [3.05, 3.63) is 93.4 Å². The predicted molar refractivity (Wildman–Crippen MR) is 134 cm³/mol. The third-order valence-corrected chi connectivity index (χ3v) is 7.07. The van der Waals surface area contributed by atoms with Crippen molar-refractivity contribution in [1.29, 1.82) is 0 Å². The van der Waals surface area contributed by atoms with E-state index in [-0.39, 0.29) is 17.5 Å². The van der Waals surface area contributed by atoms with Gasteiger partial charge in [-0.1, -0.05) is 18.2 Å². The maximum absolute atomic E-state index is 14.0. The summed E-state index contributed by atoms with van der Waals surface area (Å²) in [7, 11) is 3.26. The zero-order chi connectivity index (χ0) is 23.8. The van der Waals surface area contributed by atoms with E-state index in [0.717, 1.165) is 39.7 Å². The Balaban J connectivity index is 1.62. The molecule has 7 heteroatoms. The predicted octanol–water partition coefficient (Wildman–Crippen LogP) is 6.58. The summed E-state index contributed by atoms with van der Waals surface area (Å²) in [4.78, 5) is 13.7. The van der Waals surface area contributed by atoms with Gasteiger partial charge in [-0.05, 0) is 70.4 Å². The molecule has 0 saturated carbocycles. The first kappa shape index (κ1) is 22.5. The summed E-state index contributed by atoms with van der Waals surface area (Å²) in [5.74, 6) is 1.07. The zero-order valence-corrected chi connectivity index (χ0v) is 20.4. The molecule has 0 fully saturated rings. The highest BCUT2D eigenvalue weighted by molar-refractivity contribution is 9.10. The molecule has 2 N–H and O–H groups in total. The van der Waals surface area contributed by atoms with E-state index in [0.29, 0.717) is 22.9 Å². The summed E-state index contributed by atoms with van der Waals surface area (Å²) in [5, 5.41) is 7.04. The number of methoxy groups -OCH3 is 2. The number of para-hydroxylation sites is 2. The van der Waals surface area contributed by atoms with E-state index in [1.165, 1.54) is 6.07 Å². The van der Waals surface area contributed by atoms with E-state index < -0.39 is 6.04 Å². The van der Waals surface area contributed by atoms with Crippen LogP contribution in [-0.4, -0.2) is 20.0 Å². The van der Waals surface area contributed by atoms with Crippen LogP contribution in [0.3, 0.4) is 0 Å². The Morgan fingerprint density at radius 3 is 2.50 bits per heavy atom. The number of carbonyl (C=O) groups is 1. The molecular formula is C27H24BrFN2O3. The van der Waals surface area contributed by atoms with Gasteiger partial charge in [0.1, 0.15) is 17.3 Å². The van der Waals surface area contributed by atoms with E-state index in [4.69, 9.17) is 9.47 Å². The van der Waals surface area contributed by atoms with Crippen molar-refractivity contribution < 1.29 is 18.7 Å². The number of hydrogen-bond acceptors (Lipinski definition) is 5. The van der Waals surface area contributed by atoms with Gasteiger partial charge >= 0.3 is 0 Å². The maximum atomic E-state index is 14.0. The molecular weight excluding hydrogens is 499 g/mol. The number of ketones is 1. The summed E-state index contributed by atoms with van der Waals surface area (Å²) in [6.45, 7) is 0. The van der Waals surface area contributed by atoms with E-state index in [1.54, 1.807) is 26.4 Å². The maximum Gasteiger partial charge on any atom is 0.163 e. The van der Waals surface area contributed by atoms with Gasteiger partial charge in [-0.25, -0.2) is 4.39 Å². The number of rotatable bonds is 4. The molecule has 0 spiro atoms. The number of anilines is 2. The van der Waals surface area contributed by atoms with Crippen LogP contribution in [0.4, 0.5) is 15.8 Å². The average molecular weight is 523 g/mol. The van der Waals surface area contributed by atoms with Gasteiger partial charge in [0.05, 0.1) is 36.1 Å². The van der Waals surface area contributed by atoms with Crippen LogP contribution >= 0.6 is 15.9 Å². The van der Waals surface area contributed by atoms with Crippen LogP contribution in [0.2, 0.25) is 0 Å². The topological polar surface area (TPSA) is 59.6 Å². The van der Waals surface area contributed by atoms with Crippen molar-refractivity contribution in [1.82, 2.24) is 0 Å². The van der Waals surface area contributed by atoms with E-state index >= 15 is 0 Å². The van der Waals surface area contributed by atoms with Crippen LogP contribution in [0.15, 0.2) is 76.4 Å². The minimum absolute atomic E-state index is 0.0365. The second-order valence-electron chi connectivity index (χ2n) is 8.45. The zero-order valence-electron chi connectivity index (χ0n) is 18.8. The van der Waals surface area contributed by atoms with Gasteiger partial charge in [-0.3, -0.25) is 4.79 Å². The monoisotopic (exact) mass is 522 g/mol. The molecule has 0 bridgehead atoms. The minimum atomic E-state index is -0.413. The molecule has 0 amide bonds. The highest BCUT2D eigenvalue weighted by Gasteiger charge is 2.37. The smallest absolute Gasteiger partial charge is 0.163 e. The molecule has 0 aromatic heterocycles. The van der Waals surface area contributed by atoms with Crippen LogP contribution in [0.25, 0.3) is 0 Å². The largest absolute Gasteiger partial charge is 0.497 e. The number of halogens is 2. The lowest BCUT2D eigenvalue weighted by molar-refractivity contribution is -0.116. The number of hydrogen-bond donors (Lipinski definition) is 2. The number of ether oxygens (including phenoxy) is 2. The van der Waals surface area contributed by atoms with Crippen molar-refractivity contribution in [2.24, 2.45) is 0 Å². The van der Waals surface area contributed by atoms with Gasteiger partial charge in [0.25, 0.3) is 0 Å². The fraction of sp³-hybridized carbons (Fsp3) is 0.222. The summed E-state index contributed by atoms with van der Waals surface area (Å²) in [6, 6.07) is 18.0. The molecule has 174 valence electrons. The first-order valence-electron chi connectivity index (χ1n) is 11.0. The van der Waals surface area contributed by atoms with Crippen molar-refractivity contribution in [3.8, 4) is 11.5 Å². The molecule has 0 radical (unpaired) electrons. The van der Waals surface area contributed by atoms with Crippen molar-refractivity contribution in [2.45, 2.75) is 24.8 Å². The van der Waals surface area contributed by atoms with Gasteiger partial charge in [0.2, 0.25) is 0 Å². The molecule has 2 aliphatic rings. The molecule has 2 unspecified atom stereocenters. The number of benzene rings is 3. The summed E-state index contributed by atoms with van der Waals surface area (Å²) >= 11 is 3.29. The number of carbonyl (C=O) groups excluding carboxylic acids is 1. The Labute approximate surface area is 206 Å². The highest BCUT2D eigenvalue weighted by atomic mass is 79.9. The lowest BCUT2D eigenvalue weighted by atomic mass is 9.78. The molecule has 3 aromatic carbocycles. The van der Waals surface area contributed by atoms with E-state index in [2.05, 4.69) is 26.6 Å². The molecule has 5 rings (SSSR count). The lowest BCUT2D eigenvalue weighted by Crippen LogP contribution is -2.27. The van der Waals surface area contributed by atoms with Gasteiger partial charge in [0, 0.05) is 29.2 Å². The molecule has 0 saturated heterocycles. The number of nitrogens with one attached hydrogen (secondary N) is 2. The quantitative estimate of drug-likeness (QED) is 0.405. The molecule has 1 aliphatic heterocycles. The Morgan fingerprint density at radius 1 is 0.971 bits per heavy atom. The van der Waals surface area contributed by atoms with Crippen LogP contribution in [0.1, 0.15) is 35.9 Å².